The molecule has 4 rings (SSSR count). The van der Waals surface area contributed by atoms with E-state index >= 15 is 0 Å². The number of pyridine rings is 1. The van der Waals surface area contributed by atoms with Gasteiger partial charge in [-0.25, -0.2) is 9.37 Å². The predicted molar refractivity (Wildman–Crippen MR) is 91.6 cm³/mol. The summed E-state index contributed by atoms with van der Waals surface area (Å²) in [6, 6.07) is 12.3. The van der Waals surface area contributed by atoms with Gasteiger partial charge >= 0.3 is 0 Å². The second kappa shape index (κ2) is 6.82. The van der Waals surface area contributed by atoms with Crippen LogP contribution < -0.4 is 4.74 Å². The SMILES string of the molecule is O=C(Cc1ccc(F)cc1)N1C2CCC1CC(Oc1ccccn1)C2. The van der Waals surface area contributed by atoms with Crippen LogP contribution in [0.2, 0.25) is 0 Å². The number of carbonyl (C=O) groups is 1. The number of ether oxygens (including phenoxy) is 1. The van der Waals surface area contributed by atoms with Crippen LogP contribution in [0.3, 0.4) is 0 Å². The average Bonchev–Trinajstić information content (AvgIpc) is 2.89. The van der Waals surface area contributed by atoms with Crippen LogP contribution in [0.5, 0.6) is 5.88 Å². The highest BCUT2D eigenvalue weighted by molar-refractivity contribution is 5.80. The molecule has 0 saturated carbocycles. The molecule has 25 heavy (non-hydrogen) atoms. The molecular formula is C20H21FN2O2. The number of piperidine rings is 1. The van der Waals surface area contributed by atoms with Crippen LogP contribution in [0.25, 0.3) is 0 Å². The Morgan fingerprint density at radius 1 is 1.12 bits per heavy atom. The van der Waals surface area contributed by atoms with Crippen molar-refractivity contribution >= 4 is 5.91 Å². The van der Waals surface area contributed by atoms with Crippen LogP contribution in [-0.4, -0.2) is 34.0 Å². The summed E-state index contributed by atoms with van der Waals surface area (Å²) >= 11 is 0. The van der Waals surface area contributed by atoms with E-state index in [2.05, 4.69) is 4.98 Å². The van der Waals surface area contributed by atoms with Crippen LogP contribution in [-0.2, 0) is 11.2 Å². The number of amides is 1. The van der Waals surface area contributed by atoms with Crippen LogP contribution in [0.1, 0.15) is 31.2 Å². The molecular weight excluding hydrogens is 319 g/mol. The van der Waals surface area contributed by atoms with Crippen molar-refractivity contribution < 1.29 is 13.9 Å². The maximum Gasteiger partial charge on any atom is 0.227 e. The highest BCUT2D eigenvalue weighted by atomic mass is 19.1. The molecule has 2 fully saturated rings. The fourth-order valence-electron chi connectivity index (χ4n) is 4.09. The molecule has 5 heteroatoms. The minimum atomic E-state index is -0.274. The fourth-order valence-corrected chi connectivity index (χ4v) is 4.09. The van der Waals surface area contributed by atoms with Crippen molar-refractivity contribution in [1.29, 1.82) is 0 Å². The predicted octanol–water partition coefficient (Wildman–Crippen LogP) is 3.36. The van der Waals surface area contributed by atoms with Crippen molar-refractivity contribution in [1.82, 2.24) is 9.88 Å². The molecule has 0 N–H and O–H groups in total. The molecule has 2 aliphatic heterocycles. The normalized spacial score (nSPS) is 25.0. The van der Waals surface area contributed by atoms with E-state index in [1.807, 2.05) is 23.1 Å². The second-order valence-electron chi connectivity index (χ2n) is 6.87. The molecule has 4 nitrogen and oxygen atoms in total. The zero-order valence-electron chi connectivity index (χ0n) is 14.0. The van der Waals surface area contributed by atoms with E-state index in [4.69, 9.17) is 4.74 Å². The van der Waals surface area contributed by atoms with E-state index in [1.165, 1.54) is 12.1 Å². The van der Waals surface area contributed by atoms with Crippen molar-refractivity contribution in [2.45, 2.75) is 50.3 Å². The lowest BCUT2D eigenvalue weighted by Crippen LogP contribution is -2.49. The Balaban J connectivity index is 1.40. The van der Waals surface area contributed by atoms with Crippen molar-refractivity contribution in [3.05, 3.63) is 60.0 Å². The Morgan fingerprint density at radius 3 is 2.48 bits per heavy atom. The first-order valence-corrected chi connectivity index (χ1v) is 8.82. The monoisotopic (exact) mass is 340 g/mol. The van der Waals surface area contributed by atoms with E-state index in [9.17, 15) is 9.18 Å². The highest BCUT2D eigenvalue weighted by Crippen LogP contribution is 2.37. The minimum Gasteiger partial charge on any atom is -0.474 e. The lowest BCUT2D eigenvalue weighted by Gasteiger charge is -2.38. The van der Waals surface area contributed by atoms with Gasteiger partial charge in [-0.2, -0.15) is 0 Å². The molecule has 2 unspecified atom stereocenters. The molecule has 0 radical (unpaired) electrons. The average molecular weight is 340 g/mol. The molecule has 2 aromatic rings. The summed E-state index contributed by atoms with van der Waals surface area (Å²) in [4.78, 5) is 19.0. The van der Waals surface area contributed by atoms with Crippen molar-refractivity contribution in [2.24, 2.45) is 0 Å². The quantitative estimate of drug-likeness (QED) is 0.857. The van der Waals surface area contributed by atoms with Crippen molar-refractivity contribution in [2.75, 3.05) is 0 Å². The molecule has 1 aromatic heterocycles. The van der Waals surface area contributed by atoms with Crippen LogP contribution in [0.4, 0.5) is 4.39 Å². The summed E-state index contributed by atoms with van der Waals surface area (Å²) in [6.45, 7) is 0. The summed E-state index contributed by atoms with van der Waals surface area (Å²) in [5.74, 6) is 0.511. The molecule has 2 aliphatic rings. The molecule has 3 heterocycles. The lowest BCUT2D eigenvalue weighted by molar-refractivity contribution is -0.136. The zero-order valence-corrected chi connectivity index (χ0v) is 14.0. The van der Waals surface area contributed by atoms with Gasteiger partial charge in [-0.05, 0) is 36.6 Å². The van der Waals surface area contributed by atoms with Gasteiger partial charge in [-0.3, -0.25) is 4.79 Å². The summed E-state index contributed by atoms with van der Waals surface area (Å²) in [6.07, 6.45) is 5.93. The molecule has 0 spiro atoms. The number of rotatable bonds is 4. The molecule has 2 bridgehead atoms. The molecule has 2 atom stereocenters. The third kappa shape index (κ3) is 3.50. The highest BCUT2D eigenvalue weighted by Gasteiger charge is 2.43. The van der Waals surface area contributed by atoms with Gasteiger partial charge in [0, 0.05) is 37.2 Å². The van der Waals surface area contributed by atoms with E-state index in [1.54, 1.807) is 18.3 Å². The Hall–Kier alpha value is -2.43. The molecule has 0 aliphatic carbocycles. The number of halogens is 1. The number of fused-ring (bicyclic) bond motifs is 2. The fraction of sp³-hybridized carbons (Fsp3) is 0.400. The van der Waals surface area contributed by atoms with Gasteiger partial charge in [-0.15, -0.1) is 0 Å². The zero-order chi connectivity index (χ0) is 17.2. The third-order valence-corrected chi connectivity index (χ3v) is 5.17. The molecule has 1 amide bonds. The first kappa shape index (κ1) is 16.1. The topological polar surface area (TPSA) is 42.4 Å². The number of aromatic nitrogens is 1. The summed E-state index contributed by atoms with van der Waals surface area (Å²) < 4.78 is 19.0. The largest absolute Gasteiger partial charge is 0.474 e. The number of benzene rings is 1. The smallest absolute Gasteiger partial charge is 0.227 e. The summed E-state index contributed by atoms with van der Waals surface area (Å²) in [7, 11) is 0. The van der Waals surface area contributed by atoms with Crippen molar-refractivity contribution in [3.8, 4) is 5.88 Å². The summed E-state index contributed by atoms with van der Waals surface area (Å²) in [5, 5.41) is 0. The van der Waals surface area contributed by atoms with E-state index in [0.29, 0.717) is 12.3 Å². The Kier molecular flexibility index (Phi) is 4.38. The van der Waals surface area contributed by atoms with Gasteiger partial charge in [0.05, 0.1) is 6.42 Å². The first-order chi connectivity index (χ1) is 12.2. The van der Waals surface area contributed by atoms with Crippen molar-refractivity contribution in [3.63, 3.8) is 0 Å². The number of carbonyl (C=O) groups excluding carboxylic acids is 1. The minimum absolute atomic E-state index is 0.113. The maximum atomic E-state index is 13.0. The van der Waals surface area contributed by atoms with Crippen LogP contribution >= 0.6 is 0 Å². The maximum absolute atomic E-state index is 13.0. The Morgan fingerprint density at radius 2 is 1.84 bits per heavy atom. The third-order valence-electron chi connectivity index (χ3n) is 5.17. The van der Waals surface area contributed by atoms with E-state index in [-0.39, 0.29) is 29.9 Å². The van der Waals surface area contributed by atoms with Crippen LogP contribution in [0, 0.1) is 5.82 Å². The van der Waals surface area contributed by atoms with Gasteiger partial charge in [0.25, 0.3) is 0 Å². The van der Waals surface area contributed by atoms with Gasteiger partial charge in [0.15, 0.2) is 0 Å². The lowest BCUT2D eigenvalue weighted by atomic mass is 9.98. The Bertz CT molecular complexity index is 721. The molecule has 1 aromatic carbocycles. The van der Waals surface area contributed by atoms with Gasteiger partial charge in [0.1, 0.15) is 11.9 Å². The van der Waals surface area contributed by atoms with Crippen LogP contribution in [0.15, 0.2) is 48.7 Å². The van der Waals surface area contributed by atoms with E-state index < -0.39 is 0 Å². The Labute approximate surface area is 146 Å². The second-order valence-corrected chi connectivity index (χ2v) is 6.87. The number of hydrogen-bond donors (Lipinski definition) is 0. The number of hydrogen-bond acceptors (Lipinski definition) is 3. The van der Waals surface area contributed by atoms with Gasteiger partial charge in [0.2, 0.25) is 11.8 Å². The van der Waals surface area contributed by atoms with Gasteiger partial charge in [-0.1, -0.05) is 18.2 Å². The molecule has 130 valence electrons. The first-order valence-electron chi connectivity index (χ1n) is 8.82. The standard InChI is InChI=1S/C20H21FN2O2/c21-15-6-4-14(5-7-15)11-20(24)23-16-8-9-17(23)13-18(12-16)25-19-3-1-2-10-22-19/h1-7,10,16-18H,8-9,11-13H2. The van der Waals surface area contributed by atoms with Gasteiger partial charge < -0.3 is 9.64 Å². The number of nitrogens with zero attached hydrogens (tertiary/aromatic N) is 2. The summed E-state index contributed by atoms with van der Waals surface area (Å²) in [5.41, 5.74) is 0.859. The molecule has 2 saturated heterocycles. The van der Waals surface area contributed by atoms with E-state index in [0.717, 1.165) is 31.2 Å².